The van der Waals surface area contributed by atoms with Crippen LogP contribution >= 0.6 is 0 Å². The van der Waals surface area contributed by atoms with Gasteiger partial charge in [-0.3, -0.25) is 19.8 Å². The van der Waals surface area contributed by atoms with Gasteiger partial charge in [-0.15, -0.1) is 0 Å². The first kappa shape index (κ1) is 14.1. The van der Waals surface area contributed by atoms with E-state index in [1.165, 1.54) is 0 Å². The number of carbonyl (C=O) groups is 2. The molecule has 0 aromatic carbocycles. The van der Waals surface area contributed by atoms with Gasteiger partial charge in [0.25, 0.3) is 0 Å². The van der Waals surface area contributed by atoms with Gasteiger partial charge in [-0.2, -0.15) is 0 Å². The van der Waals surface area contributed by atoms with Crippen LogP contribution in [-0.4, -0.2) is 55.1 Å². The second-order valence-electron chi connectivity index (χ2n) is 4.16. The SMILES string of the molecule is CCOC(CN)CCN1CC(=O)NC(=O)C1C. The molecule has 1 fully saturated rings. The average Bonchev–Trinajstić information content (AvgIpc) is 2.30. The van der Waals surface area contributed by atoms with Crippen LogP contribution in [0, 0.1) is 0 Å². The molecule has 1 heterocycles. The van der Waals surface area contributed by atoms with Crippen molar-refractivity contribution in [2.24, 2.45) is 5.73 Å². The van der Waals surface area contributed by atoms with Gasteiger partial charge in [-0.1, -0.05) is 0 Å². The fraction of sp³-hybridized carbons (Fsp3) is 0.818. The summed E-state index contributed by atoms with van der Waals surface area (Å²) in [5.41, 5.74) is 5.57. The summed E-state index contributed by atoms with van der Waals surface area (Å²) in [6, 6.07) is -0.271. The first-order valence-corrected chi connectivity index (χ1v) is 5.97. The minimum atomic E-state index is -0.271. The molecule has 0 aliphatic carbocycles. The monoisotopic (exact) mass is 243 g/mol. The standard InChI is InChI=1S/C11H21N3O3/c1-3-17-9(6-12)4-5-14-7-10(15)13-11(16)8(14)2/h8-9H,3-7,12H2,1-2H3,(H,13,15,16). The highest BCUT2D eigenvalue weighted by Crippen LogP contribution is 2.07. The highest BCUT2D eigenvalue weighted by Gasteiger charge is 2.30. The smallest absolute Gasteiger partial charge is 0.243 e. The van der Waals surface area contributed by atoms with E-state index in [0.29, 0.717) is 19.7 Å². The lowest BCUT2D eigenvalue weighted by atomic mass is 10.1. The summed E-state index contributed by atoms with van der Waals surface area (Å²) in [7, 11) is 0. The van der Waals surface area contributed by atoms with Crippen LogP contribution in [0.3, 0.4) is 0 Å². The molecular weight excluding hydrogens is 222 g/mol. The normalized spacial score (nSPS) is 23.6. The largest absolute Gasteiger partial charge is 0.377 e. The van der Waals surface area contributed by atoms with Crippen LogP contribution in [0.2, 0.25) is 0 Å². The molecule has 3 N–H and O–H groups in total. The molecular formula is C11H21N3O3. The van der Waals surface area contributed by atoms with Crippen LogP contribution in [0.15, 0.2) is 0 Å². The van der Waals surface area contributed by atoms with E-state index < -0.39 is 0 Å². The van der Waals surface area contributed by atoms with E-state index in [4.69, 9.17) is 10.5 Å². The van der Waals surface area contributed by atoms with Crippen molar-refractivity contribution >= 4 is 11.8 Å². The number of hydrogen-bond donors (Lipinski definition) is 2. The van der Waals surface area contributed by atoms with Gasteiger partial charge in [0.15, 0.2) is 0 Å². The fourth-order valence-corrected chi connectivity index (χ4v) is 1.86. The van der Waals surface area contributed by atoms with Gasteiger partial charge in [0.2, 0.25) is 11.8 Å². The Morgan fingerprint density at radius 2 is 2.29 bits per heavy atom. The van der Waals surface area contributed by atoms with E-state index >= 15 is 0 Å². The van der Waals surface area contributed by atoms with E-state index in [9.17, 15) is 9.59 Å². The van der Waals surface area contributed by atoms with Crippen molar-refractivity contribution in [1.29, 1.82) is 0 Å². The number of imide groups is 1. The number of nitrogens with one attached hydrogen (secondary N) is 1. The zero-order valence-electron chi connectivity index (χ0n) is 10.4. The van der Waals surface area contributed by atoms with Crippen molar-refractivity contribution in [3.63, 3.8) is 0 Å². The van der Waals surface area contributed by atoms with Gasteiger partial charge in [0, 0.05) is 19.7 Å². The van der Waals surface area contributed by atoms with Gasteiger partial charge < -0.3 is 10.5 Å². The zero-order valence-corrected chi connectivity index (χ0v) is 10.4. The molecule has 2 unspecified atom stereocenters. The highest BCUT2D eigenvalue weighted by molar-refractivity contribution is 6.00. The van der Waals surface area contributed by atoms with Crippen LogP contribution < -0.4 is 11.1 Å². The molecule has 0 radical (unpaired) electrons. The van der Waals surface area contributed by atoms with Gasteiger partial charge >= 0.3 is 0 Å². The summed E-state index contributed by atoms with van der Waals surface area (Å²) >= 11 is 0. The first-order valence-electron chi connectivity index (χ1n) is 5.97. The second-order valence-corrected chi connectivity index (χ2v) is 4.16. The Bertz CT molecular complexity index is 283. The predicted octanol–water partition coefficient (Wildman–Crippen LogP) is -0.913. The minimum Gasteiger partial charge on any atom is -0.377 e. The molecule has 0 saturated carbocycles. The van der Waals surface area contributed by atoms with E-state index in [1.54, 1.807) is 6.92 Å². The van der Waals surface area contributed by atoms with E-state index in [0.717, 1.165) is 6.42 Å². The summed E-state index contributed by atoms with van der Waals surface area (Å²) in [6.45, 7) is 5.69. The molecule has 1 rings (SSSR count). The number of carbonyl (C=O) groups excluding carboxylic acids is 2. The Kier molecular flexibility index (Phi) is 5.54. The molecule has 0 bridgehead atoms. The van der Waals surface area contributed by atoms with Crippen LogP contribution in [0.4, 0.5) is 0 Å². The van der Waals surface area contributed by atoms with Gasteiger partial charge in [-0.05, 0) is 20.3 Å². The number of nitrogens with two attached hydrogens (primary N) is 1. The van der Waals surface area contributed by atoms with E-state index in [2.05, 4.69) is 5.32 Å². The maximum atomic E-state index is 11.4. The van der Waals surface area contributed by atoms with Crippen molar-refractivity contribution in [1.82, 2.24) is 10.2 Å². The zero-order chi connectivity index (χ0) is 12.8. The maximum absolute atomic E-state index is 11.4. The van der Waals surface area contributed by atoms with Gasteiger partial charge in [0.1, 0.15) is 0 Å². The number of piperazine rings is 1. The molecule has 0 aromatic heterocycles. The number of hydrogen-bond acceptors (Lipinski definition) is 5. The maximum Gasteiger partial charge on any atom is 0.243 e. The third-order valence-electron chi connectivity index (χ3n) is 2.94. The molecule has 0 aromatic rings. The van der Waals surface area contributed by atoms with Crippen LogP contribution in [0.25, 0.3) is 0 Å². The third kappa shape index (κ3) is 4.07. The average molecular weight is 243 g/mol. The summed E-state index contributed by atoms with van der Waals surface area (Å²) in [5.74, 6) is -0.476. The first-order chi connectivity index (χ1) is 8.08. The second kappa shape index (κ2) is 6.68. The Hall–Kier alpha value is -0.980. The van der Waals surface area contributed by atoms with Gasteiger partial charge in [-0.25, -0.2) is 0 Å². The van der Waals surface area contributed by atoms with E-state index in [1.807, 2.05) is 11.8 Å². The van der Waals surface area contributed by atoms with Crippen LogP contribution in [0.1, 0.15) is 20.3 Å². The lowest BCUT2D eigenvalue weighted by Gasteiger charge is -2.32. The molecule has 1 aliphatic heterocycles. The van der Waals surface area contributed by atoms with Crippen molar-refractivity contribution in [3.05, 3.63) is 0 Å². The third-order valence-corrected chi connectivity index (χ3v) is 2.94. The number of amides is 2. The lowest BCUT2D eigenvalue weighted by Crippen LogP contribution is -2.57. The minimum absolute atomic E-state index is 0.00714. The number of nitrogens with zero attached hydrogens (tertiary/aromatic N) is 1. The Morgan fingerprint density at radius 1 is 1.59 bits per heavy atom. The van der Waals surface area contributed by atoms with Crippen molar-refractivity contribution < 1.29 is 14.3 Å². The lowest BCUT2D eigenvalue weighted by molar-refractivity contribution is -0.139. The molecule has 1 aliphatic rings. The van der Waals surface area contributed by atoms with Gasteiger partial charge in [0.05, 0.1) is 18.7 Å². The quantitative estimate of drug-likeness (QED) is 0.590. The Balaban J connectivity index is 2.43. The van der Waals surface area contributed by atoms with Crippen molar-refractivity contribution in [3.8, 4) is 0 Å². The molecule has 17 heavy (non-hydrogen) atoms. The molecule has 98 valence electrons. The topological polar surface area (TPSA) is 84.7 Å². The molecule has 1 saturated heterocycles. The summed E-state index contributed by atoms with van der Waals surface area (Å²) in [5, 5.41) is 2.31. The highest BCUT2D eigenvalue weighted by atomic mass is 16.5. The summed E-state index contributed by atoms with van der Waals surface area (Å²) in [6.07, 6.45) is 0.724. The van der Waals surface area contributed by atoms with Crippen LogP contribution in [0.5, 0.6) is 0 Å². The number of rotatable bonds is 6. The molecule has 2 atom stereocenters. The Labute approximate surface area is 101 Å². The molecule has 6 heteroatoms. The van der Waals surface area contributed by atoms with Crippen LogP contribution in [-0.2, 0) is 14.3 Å². The molecule has 6 nitrogen and oxygen atoms in total. The van der Waals surface area contributed by atoms with E-state index in [-0.39, 0.29) is 30.5 Å². The predicted molar refractivity (Wildman–Crippen MR) is 63.3 cm³/mol. The fourth-order valence-electron chi connectivity index (χ4n) is 1.86. The number of ether oxygens (including phenoxy) is 1. The summed E-state index contributed by atoms with van der Waals surface area (Å²) < 4.78 is 5.43. The van der Waals surface area contributed by atoms with Crippen molar-refractivity contribution in [2.75, 3.05) is 26.2 Å². The Morgan fingerprint density at radius 3 is 2.88 bits per heavy atom. The van der Waals surface area contributed by atoms with Crippen molar-refractivity contribution in [2.45, 2.75) is 32.4 Å². The summed E-state index contributed by atoms with van der Waals surface area (Å²) in [4.78, 5) is 24.5. The molecule has 0 spiro atoms. The molecule has 2 amide bonds.